The number of carbonyl (C=O) groups is 1. The first kappa shape index (κ1) is 14.0. The number of nitrogens with one attached hydrogen (secondary N) is 2. The van der Waals surface area contributed by atoms with Gasteiger partial charge in [-0.3, -0.25) is 9.59 Å². The zero-order chi connectivity index (χ0) is 15.5. The molecule has 0 unspecified atom stereocenters. The maximum atomic E-state index is 12.1. The van der Waals surface area contributed by atoms with Crippen LogP contribution in [0.5, 0.6) is 0 Å². The number of rotatable bonds is 3. The summed E-state index contributed by atoms with van der Waals surface area (Å²) in [7, 11) is 0. The fourth-order valence-corrected chi connectivity index (χ4v) is 2.17. The van der Waals surface area contributed by atoms with Crippen LogP contribution in [0.15, 0.2) is 53.3 Å². The van der Waals surface area contributed by atoms with Crippen molar-refractivity contribution in [2.24, 2.45) is 0 Å². The van der Waals surface area contributed by atoms with Gasteiger partial charge in [-0.2, -0.15) is 0 Å². The van der Waals surface area contributed by atoms with E-state index in [1.807, 2.05) is 31.2 Å². The first-order chi connectivity index (χ1) is 10.6. The van der Waals surface area contributed by atoms with Crippen molar-refractivity contribution in [3.05, 3.63) is 75.8 Å². The standard InChI is InChI=1S/C17H15N3O2/c1-11-6-8-12(9-7-11)10-18-17(22)15-19-14-5-3-2-4-13(14)16(21)20-15/h2-9H,10H2,1H3,(H,18,22)(H,19,20,21). The van der Waals surface area contributed by atoms with Gasteiger partial charge < -0.3 is 10.3 Å². The minimum Gasteiger partial charge on any atom is -0.345 e. The average Bonchev–Trinajstić information content (AvgIpc) is 2.54. The summed E-state index contributed by atoms with van der Waals surface area (Å²) in [5.41, 5.74) is 2.34. The Kier molecular flexibility index (Phi) is 3.70. The third-order valence-corrected chi connectivity index (χ3v) is 3.40. The molecule has 1 amide bonds. The van der Waals surface area contributed by atoms with E-state index < -0.39 is 5.91 Å². The Morgan fingerprint density at radius 1 is 1.14 bits per heavy atom. The number of para-hydroxylation sites is 1. The lowest BCUT2D eigenvalue weighted by molar-refractivity contribution is 0.0940. The van der Waals surface area contributed by atoms with Crippen molar-refractivity contribution in [1.29, 1.82) is 0 Å². The molecule has 2 N–H and O–H groups in total. The SMILES string of the molecule is Cc1ccc(CNC(=O)c2nc3ccccc3c(=O)[nH]2)cc1. The summed E-state index contributed by atoms with van der Waals surface area (Å²) in [5, 5.41) is 3.23. The number of carbonyl (C=O) groups excluding carboxylic acids is 1. The van der Waals surface area contributed by atoms with Gasteiger partial charge in [0, 0.05) is 6.54 Å². The molecule has 110 valence electrons. The van der Waals surface area contributed by atoms with Crippen LogP contribution >= 0.6 is 0 Å². The molecule has 0 radical (unpaired) electrons. The normalized spacial score (nSPS) is 10.6. The summed E-state index contributed by atoms with van der Waals surface area (Å²) in [6.45, 7) is 2.39. The van der Waals surface area contributed by atoms with Crippen molar-refractivity contribution in [3.8, 4) is 0 Å². The summed E-state index contributed by atoms with van der Waals surface area (Å²) >= 11 is 0. The summed E-state index contributed by atoms with van der Waals surface area (Å²) in [6, 6.07) is 14.8. The number of amides is 1. The molecule has 0 saturated carbocycles. The number of H-pyrrole nitrogens is 1. The monoisotopic (exact) mass is 293 g/mol. The van der Waals surface area contributed by atoms with E-state index in [1.165, 1.54) is 0 Å². The van der Waals surface area contributed by atoms with Gasteiger partial charge in [-0.1, -0.05) is 42.0 Å². The Morgan fingerprint density at radius 2 is 1.86 bits per heavy atom. The van der Waals surface area contributed by atoms with Gasteiger partial charge in [-0.05, 0) is 24.6 Å². The van der Waals surface area contributed by atoms with E-state index in [9.17, 15) is 9.59 Å². The van der Waals surface area contributed by atoms with E-state index in [-0.39, 0.29) is 11.4 Å². The van der Waals surface area contributed by atoms with Gasteiger partial charge in [0.1, 0.15) is 0 Å². The molecular formula is C17H15N3O2. The molecule has 0 aliphatic heterocycles. The molecule has 22 heavy (non-hydrogen) atoms. The molecule has 5 heteroatoms. The zero-order valence-corrected chi connectivity index (χ0v) is 12.1. The molecule has 0 bridgehead atoms. The highest BCUT2D eigenvalue weighted by Crippen LogP contribution is 2.06. The number of aromatic nitrogens is 2. The van der Waals surface area contributed by atoms with Crippen LogP contribution < -0.4 is 10.9 Å². The third-order valence-electron chi connectivity index (χ3n) is 3.40. The highest BCUT2D eigenvalue weighted by atomic mass is 16.2. The zero-order valence-electron chi connectivity index (χ0n) is 12.1. The van der Waals surface area contributed by atoms with Crippen LogP contribution in [0.3, 0.4) is 0 Å². The summed E-state index contributed by atoms with van der Waals surface area (Å²) in [6.07, 6.45) is 0. The Morgan fingerprint density at radius 3 is 2.64 bits per heavy atom. The molecule has 5 nitrogen and oxygen atoms in total. The number of benzene rings is 2. The molecule has 1 heterocycles. The fourth-order valence-electron chi connectivity index (χ4n) is 2.17. The fraction of sp³-hybridized carbons (Fsp3) is 0.118. The largest absolute Gasteiger partial charge is 0.345 e. The quantitative estimate of drug-likeness (QED) is 0.777. The van der Waals surface area contributed by atoms with Gasteiger partial charge in [0.2, 0.25) is 0 Å². The number of nitrogens with zero attached hydrogens (tertiary/aromatic N) is 1. The molecule has 0 atom stereocenters. The second-order valence-electron chi connectivity index (χ2n) is 5.10. The highest BCUT2D eigenvalue weighted by Gasteiger charge is 2.10. The number of aromatic amines is 1. The maximum absolute atomic E-state index is 12.1. The van der Waals surface area contributed by atoms with Crippen molar-refractivity contribution in [1.82, 2.24) is 15.3 Å². The van der Waals surface area contributed by atoms with Gasteiger partial charge in [-0.15, -0.1) is 0 Å². The minimum absolute atomic E-state index is 0.0239. The molecule has 0 spiro atoms. The summed E-state index contributed by atoms with van der Waals surface area (Å²) in [5.74, 6) is -0.376. The van der Waals surface area contributed by atoms with E-state index in [4.69, 9.17) is 0 Å². The lowest BCUT2D eigenvalue weighted by Gasteiger charge is -2.06. The van der Waals surface area contributed by atoms with Gasteiger partial charge in [0.15, 0.2) is 5.82 Å². The van der Waals surface area contributed by atoms with Crippen LogP contribution in [0.1, 0.15) is 21.7 Å². The number of hydrogen-bond acceptors (Lipinski definition) is 3. The molecule has 3 aromatic rings. The number of hydrogen-bond donors (Lipinski definition) is 2. The van der Waals surface area contributed by atoms with Crippen molar-refractivity contribution in [2.45, 2.75) is 13.5 Å². The van der Waals surface area contributed by atoms with Crippen LogP contribution in [0.2, 0.25) is 0 Å². The highest BCUT2D eigenvalue weighted by molar-refractivity contribution is 5.92. The molecule has 0 fully saturated rings. The van der Waals surface area contributed by atoms with E-state index in [1.54, 1.807) is 24.3 Å². The smallest absolute Gasteiger partial charge is 0.287 e. The molecule has 3 rings (SSSR count). The summed E-state index contributed by atoms with van der Waals surface area (Å²) < 4.78 is 0. The Balaban J connectivity index is 1.80. The van der Waals surface area contributed by atoms with Crippen LogP contribution in [0, 0.1) is 6.92 Å². The van der Waals surface area contributed by atoms with Gasteiger partial charge in [0.05, 0.1) is 10.9 Å². The second kappa shape index (κ2) is 5.81. The van der Waals surface area contributed by atoms with Crippen molar-refractivity contribution >= 4 is 16.8 Å². The lowest BCUT2D eigenvalue weighted by Crippen LogP contribution is -2.27. The number of aryl methyl sites for hydroxylation is 1. The van der Waals surface area contributed by atoms with E-state index in [0.29, 0.717) is 17.4 Å². The van der Waals surface area contributed by atoms with E-state index in [2.05, 4.69) is 15.3 Å². The average molecular weight is 293 g/mol. The molecule has 1 aromatic heterocycles. The topological polar surface area (TPSA) is 74.8 Å². The van der Waals surface area contributed by atoms with E-state index >= 15 is 0 Å². The van der Waals surface area contributed by atoms with Crippen molar-refractivity contribution in [3.63, 3.8) is 0 Å². The molecule has 0 aliphatic carbocycles. The Labute approximate surface area is 127 Å². The maximum Gasteiger partial charge on any atom is 0.287 e. The van der Waals surface area contributed by atoms with Crippen LogP contribution in [0.4, 0.5) is 0 Å². The van der Waals surface area contributed by atoms with Crippen LogP contribution in [0.25, 0.3) is 10.9 Å². The molecular weight excluding hydrogens is 278 g/mol. The van der Waals surface area contributed by atoms with Gasteiger partial charge >= 0.3 is 0 Å². The van der Waals surface area contributed by atoms with Crippen molar-refractivity contribution < 1.29 is 4.79 Å². The number of fused-ring (bicyclic) bond motifs is 1. The second-order valence-corrected chi connectivity index (χ2v) is 5.10. The van der Waals surface area contributed by atoms with E-state index in [0.717, 1.165) is 11.1 Å². The minimum atomic E-state index is -0.400. The first-order valence-electron chi connectivity index (χ1n) is 6.96. The third kappa shape index (κ3) is 2.88. The molecule has 0 saturated heterocycles. The first-order valence-corrected chi connectivity index (χ1v) is 6.96. The van der Waals surface area contributed by atoms with Crippen molar-refractivity contribution in [2.75, 3.05) is 0 Å². The lowest BCUT2D eigenvalue weighted by atomic mass is 10.1. The van der Waals surface area contributed by atoms with Gasteiger partial charge in [-0.25, -0.2) is 4.98 Å². The molecule has 2 aromatic carbocycles. The van der Waals surface area contributed by atoms with Crippen LogP contribution in [-0.2, 0) is 6.54 Å². The summed E-state index contributed by atoms with van der Waals surface area (Å²) in [4.78, 5) is 30.8. The van der Waals surface area contributed by atoms with Gasteiger partial charge in [0.25, 0.3) is 11.5 Å². The predicted octanol–water partition coefficient (Wildman–Crippen LogP) is 2.16. The Hall–Kier alpha value is -2.95. The Bertz CT molecular complexity index is 882. The predicted molar refractivity (Wildman–Crippen MR) is 84.7 cm³/mol. The van der Waals surface area contributed by atoms with Crippen LogP contribution in [-0.4, -0.2) is 15.9 Å². The molecule has 0 aliphatic rings.